The predicted octanol–water partition coefficient (Wildman–Crippen LogP) is 7.68. The molecule has 0 amide bonds. The fourth-order valence-corrected chi connectivity index (χ4v) is 6.20. The largest absolute Gasteiger partial charge is 0.496 e. The first-order valence-corrected chi connectivity index (χ1v) is 13.6. The quantitative estimate of drug-likeness (QED) is 0.258. The molecule has 4 rings (SSSR count). The summed E-state index contributed by atoms with van der Waals surface area (Å²) in [6.07, 6.45) is 1.99. The topological polar surface area (TPSA) is 81.8 Å². The molecular formula is C29H31Br2NO4. The number of nitrogens with two attached hydrogens (primary N) is 1. The highest BCUT2D eigenvalue weighted by Crippen LogP contribution is 2.53. The number of aryl methyl sites for hydroxylation is 1. The van der Waals surface area contributed by atoms with Crippen molar-refractivity contribution in [3.63, 3.8) is 0 Å². The van der Waals surface area contributed by atoms with E-state index in [9.17, 15) is 9.90 Å². The number of carboxylic acids is 1. The predicted molar refractivity (Wildman–Crippen MR) is 149 cm³/mol. The Kier molecular flexibility index (Phi) is 7.83. The van der Waals surface area contributed by atoms with Crippen molar-refractivity contribution in [2.24, 2.45) is 11.7 Å². The van der Waals surface area contributed by atoms with Crippen LogP contribution in [0.1, 0.15) is 60.4 Å². The molecule has 0 saturated heterocycles. The lowest BCUT2D eigenvalue weighted by atomic mass is 9.77. The number of hydrogen-bond donors (Lipinski definition) is 2. The van der Waals surface area contributed by atoms with Crippen molar-refractivity contribution in [2.45, 2.75) is 51.5 Å². The van der Waals surface area contributed by atoms with Gasteiger partial charge in [-0.05, 0) is 98.9 Å². The zero-order valence-electron chi connectivity index (χ0n) is 20.9. The van der Waals surface area contributed by atoms with Gasteiger partial charge in [0, 0.05) is 11.1 Å². The second-order valence-corrected chi connectivity index (χ2v) is 11.5. The van der Waals surface area contributed by atoms with E-state index in [2.05, 4.69) is 70.8 Å². The summed E-state index contributed by atoms with van der Waals surface area (Å²) in [5.41, 5.74) is 11.3. The van der Waals surface area contributed by atoms with Crippen LogP contribution in [0.25, 0.3) is 0 Å². The van der Waals surface area contributed by atoms with Crippen LogP contribution in [0.4, 0.5) is 0 Å². The molecule has 1 fully saturated rings. The monoisotopic (exact) mass is 615 g/mol. The zero-order valence-corrected chi connectivity index (χ0v) is 24.1. The zero-order chi connectivity index (χ0) is 26.2. The van der Waals surface area contributed by atoms with Crippen LogP contribution in [0.3, 0.4) is 0 Å². The molecule has 0 spiro atoms. The first-order valence-electron chi connectivity index (χ1n) is 12.0. The van der Waals surface area contributed by atoms with Crippen LogP contribution in [-0.4, -0.2) is 18.2 Å². The van der Waals surface area contributed by atoms with Crippen molar-refractivity contribution >= 4 is 37.8 Å². The van der Waals surface area contributed by atoms with Gasteiger partial charge in [0.15, 0.2) is 5.75 Å². The number of aliphatic carboxylic acids is 1. The Bertz CT molecular complexity index is 1280. The van der Waals surface area contributed by atoms with Gasteiger partial charge in [-0.3, -0.25) is 4.79 Å². The minimum absolute atomic E-state index is 0.0797. The van der Waals surface area contributed by atoms with Crippen molar-refractivity contribution < 1.29 is 19.4 Å². The molecule has 3 aromatic carbocycles. The average molecular weight is 617 g/mol. The van der Waals surface area contributed by atoms with Crippen molar-refractivity contribution in [3.8, 4) is 17.2 Å². The van der Waals surface area contributed by atoms with Crippen LogP contribution in [0.15, 0.2) is 57.5 Å². The first kappa shape index (κ1) is 26.7. The Labute approximate surface area is 229 Å². The third-order valence-electron chi connectivity index (χ3n) is 6.74. The molecule has 1 saturated carbocycles. The van der Waals surface area contributed by atoms with Gasteiger partial charge in [0.2, 0.25) is 0 Å². The van der Waals surface area contributed by atoms with Gasteiger partial charge in [-0.1, -0.05) is 43.7 Å². The lowest BCUT2D eigenvalue weighted by Crippen LogP contribution is -2.40. The second-order valence-electron chi connectivity index (χ2n) is 9.82. The van der Waals surface area contributed by atoms with Crippen LogP contribution in [0.2, 0.25) is 0 Å². The SMILES string of the molecule is COc1cc(C(N)(c2cccc(C)c2)C2CC2)c(Oc2c(Br)cc(CC(=O)O)cc2Br)cc1C(C)C. The third-order valence-corrected chi connectivity index (χ3v) is 7.92. The molecule has 0 radical (unpaired) electrons. The number of methoxy groups -OCH3 is 1. The minimum atomic E-state index is -0.892. The number of ether oxygens (including phenoxy) is 2. The van der Waals surface area contributed by atoms with Gasteiger partial charge >= 0.3 is 5.97 Å². The first-order chi connectivity index (χ1) is 17.0. The van der Waals surface area contributed by atoms with E-state index in [1.807, 2.05) is 18.2 Å². The van der Waals surface area contributed by atoms with Gasteiger partial charge in [-0.2, -0.15) is 0 Å². The number of hydrogen-bond acceptors (Lipinski definition) is 4. The number of carboxylic acid groups (broad SMARTS) is 1. The fraction of sp³-hybridized carbons (Fsp3) is 0.345. The fourth-order valence-electron chi connectivity index (χ4n) is 4.76. The van der Waals surface area contributed by atoms with E-state index in [4.69, 9.17) is 15.2 Å². The van der Waals surface area contributed by atoms with Crippen LogP contribution in [0.5, 0.6) is 17.2 Å². The van der Waals surface area contributed by atoms with Crippen LogP contribution < -0.4 is 15.2 Å². The molecule has 3 aromatic rings. The Morgan fingerprint density at radius 3 is 2.31 bits per heavy atom. The van der Waals surface area contributed by atoms with E-state index in [1.54, 1.807) is 19.2 Å². The summed E-state index contributed by atoms with van der Waals surface area (Å²) < 4.78 is 13.8. The highest BCUT2D eigenvalue weighted by atomic mass is 79.9. The maximum absolute atomic E-state index is 11.2. The summed E-state index contributed by atoms with van der Waals surface area (Å²) in [5, 5.41) is 9.21. The molecular weight excluding hydrogens is 586 g/mol. The normalized spacial score (nSPS) is 15.0. The van der Waals surface area contributed by atoms with Gasteiger partial charge in [0.25, 0.3) is 0 Å². The lowest BCUT2D eigenvalue weighted by molar-refractivity contribution is -0.136. The molecule has 5 nitrogen and oxygen atoms in total. The van der Waals surface area contributed by atoms with Crippen LogP contribution in [0, 0.1) is 12.8 Å². The molecule has 36 heavy (non-hydrogen) atoms. The number of rotatable bonds is 9. The molecule has 1 atom stereocenters. The molecule has 7 heteroatoms. The second kappa shape index (κ2) is 10.6. The standard InChI is InChI=1S/C29H31Br2NO4/c1-16(2)21-14-26(36-28-23(30)11-18(12-24(28)31)13-27(33)34)22(15-25(21)35-4)29(32,19-8-9-19)20-7-5-6-17(3)10-20/h5-7,10-12,14-16,19H,8-9,13,32H2,1-4H3,(H,33,34). The van der Waals surface area contributed by atoms with Crippen molar-refractivity contribution in [3.05, 3.63) is 85.3 Å². The third kappa shape index (κ3) is 5.34. The summed E-state index contributed by atoms with van der Waals surface area (Å²) in [6.45, 7) is 6.31. The van der Waals surface area contributed by atoms with Crippen molar-refractivity contribution in [1.82, 2.24) is 0 Å². The molecule has 0 heterocycles. The highest BCUT2D eigenvalue weighted by molar-refractivity contribution is 9.11. The van der Waals surface area contributed by atoms with Crippen molar-refractivity contribution in [2.75, 3.05) is 7.11 Å². The van der Waals surface area contributed by atoms with E-state index >= 15 is 0 Å². The molecule has 0 bridgehead atoms. The Balaban J connectivity index is 1.92. The molecule has 3 N–H and O–H groups in total. The minimum Gasteiger partial charge on any atom is -0.496 e. The van der Waals surface area contributed by atoms with E-state index in [-0.39, 0.29) is 18.3 Å². The highest BCUT2D eigenvalue weighted by Gasteiger charge is 2.47. The summed E-state index contributed by atoms with van der Waals surface area (Å²) in [5.74, 6) is 1.59. The van der Waals surface area contributed by atoms with Gasteiger partial charge in [-0.25, -0.2) is 0 Å². The number of benzene rings is 3. The van der Waals surface area contributed by atoms with E-state index in [1.165, 1.54) is 0 Å². The van der Waals surface area contributed by atoms with E-state index in [0.717, 1.165) is 40.8 Å². The molecule has 1 unspecified atom stereocenters. The summed E-state index contributed by atoms with van der Waals surface area (Å²) >= 11 is 7.18. The number of halogens is 2. The maximum atomic E-state index is 11.2. The van der Waals surface area contributed by atoms with Gasteiger partial charge < -0.3 is 20.3 Å². The Morgan fingerprint density at radius 2 is 1.78 bits per heavy atom. The van der Waals surface area contributed by atoms with E-state index in [0.29, 0.717) is 26.0 Å². The van der Waals surface area contributed by atoms with E-state index < -0.39 is 11.5 Å². The molecule has 0 aliphatic heterocycles. The Morgan fingerprint density at radius 1 is 1.11 bits per heavy atom. The Hall–Kier alpha value is -2.35. The smallest absolute Gasteiger partial charge is 0.307 e. The summed E-state index contributed by atoms with van der Waals surface area (Å²) in [6, 6.07) is 16.0. The lowest BCUT2D eigenvalue weighted by Gasteiger charge is -2.34. The van der Waals surface area contributed by atoms with Gasteiger partial charge in [-0.15, -0.1) is 0 Å². The summed E-state index contributed by atoms with van der Waals surface area (Å²) in [4.78, 5) is 11.2. The van der Waals surface area contributed by atoms with Crippen LogP contribution >= 0.6 is 31.9 Å². The summed E-state index contributed by atoms with van der Waals surface area (Å²) in [7, 11) is 1.68. The molecule has 190 valence electrons. The van der Waals surface area contributed by atoms with Crippen molar-refractivity contribution in [1.29, 1.82) is 0 Å². The molecule has 0 aromatic heterocycles. The average Bonchev–Trinajstić information content (AvgIpc) is 3.66. The maximum Gasteiger partial charge on any atom is 0.307 e. The van der Waals surface area contributed by atoms with Gasteiger partial charge in [0.05, 0.1) is 28.0 Å². The van der Waals surface area contributed by atoms with Crippen LogP contribution in [-0.2, 0) is 16.8 Å². The molecule has 1 aliphatic rings. The number of carbonyl (C=O) groups is 1. The van der Waals surface area contributed by atoms with Gasteiger partial charge in [0.1, 0.15) is 11.5 Å². The molecule has 1 aliphatic carbocycles.